The van der Waals surface area contributed by atoms with Crippen molar-refractivity contribution in [1.29, 1.82) is 0 Å². The van der Waals surface area contributed by atoms with Gasteiger partial charge in [-0.15, -0.1) is 0 Å². The first-order chi connectivity index (χ1) is 15.7. The van der Waals surface area contributed by atoms with Crippen molar-refractivity contribution in [2.45, 2.75) is 0 Å². The van der Waals surface area contributed by atoms with Crippen molar-refractivity contribution in [2.24, 2.45) is 0 Å². The van der Waals surface area contributed by atoms with E-state index in [2.05, 4.69) is 22.1 Å². The molecule has 0 amide bonds. The van der Waals surface area contributed by atoms with Crippen LogP contribution in [0.5, 0.6) is 0 Å². The highest BCUT2D eigenvalue weighted by Crippen LogP contribution is 2.29. The molecule has 0 aliphatic carbocycles. The van der Waals surface area contributed by atoms with Gasteiger partial charge in [0.2, 0.25) is 0 Å². The molecule has 5 rings (SSSR count). The maximum absolute atomic E-state index is 14.7. The quantitative estimate of drug-likeness (QED) is 0.295. The third-order valence-corrected chi connectivity index (χ3v) is 5.30. The number of aromatic nitrogens is 3. The van der Waals surface area contributed by atoms with E-state index in [1.54, 1.807) is 12.1 Å². The molecular weight excluding hydrogens is 421 g/mol. The Balaban J connectivity index is 1.69. The van der Waals surface area contributed by atoms with Crippen molar-refractivity contribution >= 4 is 11.6 Å². The maximum Gasteiger partial charge on any atom is 0.167 e. The van der Waals surface area contributed by atoms with Crippen LogP contribution >= 0.6 is 11.6 Å². The van der Waals surface area contributed by atoms with E-state index in [0.717, 1.165) is 22.3 Å². The Morgan fingerprint density at radius 1 is 0.500 bits per heavy atom. The molecule has 0 unspecified atom stereocenters. The fourth-order valence-electron chi connectivity index (χ4n) is 3.48. The predicted molar refractivity (Wildman–Crippen MR) is 127 cm³/mol. The zero-order chi connectivity index (χ0) is 21.9. The number of benzene rings is 4. The highest BCUT2D eigenvalue weighted by molar-refractivity contribution is 6.30. The fourth-order valence-corrected chi connectivity index (χ4v) is 3.64. The number of hydrogen-bond acceptors (Lipinski definition) is 3. The average Bonchev–Trinajstić information content (AvgIpc) is 2.85. The second kappa shape index (κ2) is 8.69. The second-order valence-corrected chi connectivity index (χ2v) is 7.68. The monoisotopic (exact) mass is 437 g/mol. The van der Waals surface area contributed by atoms with Gasteiger partial charge in [0.05, 0.1) is 5.56 Å². The third-order valence-electron chi connectivity index (χ3n) is 5.07. The normalized spacial score (nSPS) is 10.8. The summed E-state index contributed by atoms with van der Waals surface area (Å²) in [4.78, 5) is 13.9. The topological polar surface area (TPSA) is 38.7 Å². The zero-order valence-electron chi connectivity index (χ0n) is 16.9. The fraction of sp³-hybridized carbons (Fsp3) is 0. The van der Waals surface area contributed by atoms with Crippen molar-refractivity contribution in [3.63, 3.8) is 0 Å². The number of rotatable bonds is 4. The van der Waals surface area contributed by atoms with E-state index in [1.807, 2.05) is 72.8 Å². The molecule has 3 nitrogen and oxygen atoms in total. The van der Waals surface area contributed by atoms with Crippen LogP contribution in [0.25, 0.3) is 45.3 Å². The lowest BCUT2D eigenvalue weighted by Crippen LogP contribution is -2.01. The van der Waals surface area contributed by atoms with Crippen LogP contribution in [0.4, 0.5) is 4.39 Å². The van der Waals surface area contributed by atoms with Gasteiger partial charge in [-0.25, -0.2) is 19.3 Å². The Labute approximate surface area is 190 Å². The molecule has 0 saturated heterocycles. The van der Waals surface area contributed by atoms with E-state index in [0.29, 0.717) is 16.7 Å². The molecule has 0 aliphatic rings. The second-order valence-electron chi connectivity index (χ2n) is 7.24. The van der Waals surface area contributed by atoms with Crippen LogP contribution in [-0.4, -0.2) is 15.0 Å². The van der Waals surface area contributed by atoms with Crippen LogP contribution in [0.3, 0.4) is 0 Å². The van der Waals surface area contributed by atoms with Crippen LogP contribution in [0.2, 0.25) is 5.02 Å². The molecule has 1 heterocycles. The van der Waals surface area contributed by atoms with Crippen LogP contribution in [0.15, 0.2) is 103 Å². The minimum Gasteiger partial charge on any atom is -0.208 e. The Hall–Kier alpha value is -3.89. The molecule has 0 spiro atoms. The Morgan fingerprint density at radius 2 is 1.06 bits per heavy atom. The number of nitrogens with zero attached hydrogens (tertiary/aromatic N) is 3. The molecule has 154 valence electrons. The van der Waals surface area contributed by atoms with Crippen molar-refractivity contribution in [3.05, 3.63) is 114 Å². The molecular formula is C27H17ClFN3. The SMILES string of the molecule is Fc1cc(Cl)ccc1-c1nc(-c2ccccc2)nc(-c2cccc(-c3ccccc3)c2)n1. The first-order valence-corrected chi connectivity index (χ1v) is 10.5. The van der Waals surface area contributed by atoms with Gasteiger partial charge in [0.15, 0.2) is 17.5 Å². The number of hydrogen-bond donors (Lipinski definition) is 0. The van der Waals surface area contributed by atoms with Crippen LogP contribution in [0.1, 0.15) is 0 Å². The lowest BCUT2D eigenvalue weighted by atomic mass is 10.0. The van der Waals surface area contributed by atoms with E-state index >= 15 is 0 Å². The highest BCUT2D eigenvalue weighted by atomic mass is 35.5. The maximum atomic E-state index is 14.7. The zero-order valence-corrected chi connectivity index (χ0v) is 17.7. The van der Waals surface area contributed by atoms with Gasteiger partial charge in [-0.3, -0.25) is 0 Å². The number of halogens is 2. The third kappa shape index (κ3) is 4.13. The van der Waals surface area contributed by atoms with Crippen molar-refractivity contribution in [2.75, 3.05) is 0 Å². The lowest BCUT2D eigenvalue weighted by Gasteiger charge is -2.10. The summed E-state index contributed by atoms with van der Waals surface area (Å²) in [5, 5.41) is 0.319. The molecule has 0 radical (unpaired) electrons. The molecule has 32 heavy (non-hydrogen) atoms. The molecule has 0 bridgehead atoms. The molecule has 4 aromatic carbocycles. The summed E-state index contributed by atoms with van der Waals surface area (Å²) in [7, 11) is 0. The lowest BCUT2D eigenvalue weighted by molar-refractivity contribution is 0.630. The summed E-state index contributed by atoms with van der Waals surface area (Å²) >= 11 is 5.94. The van der Waals surface area contributed by atoms with Gasteiger partial charge in [0.1, 0.15) is 5.82 Å². The minimum atomic E-state index is -0.480. The van der Waals surface area contributed by atoms with Crippen LogP contribution < -0.4 is 0 Å². The van der Waals surface area contributed by atoms with Gasteiger partial charge >= 0.3 is 0 Å². The van der Waals surface area contributed by atoms with E-state index in [9.17, 15) is 4.39 Å². The predicted octanol–water partition coefficient (Wildman–Crippen LogP) is 7.33. The smallest absolute Gasteiger partial charge is 0.167 e. The highest BCUT2D eigenvalue weighted by Gasteiger charge is 2.15. The van der Waals surface area contributed by atoms with Gasteiger partial charge in [0, 0.05) is 16.1 Å². The standard InChI is InChI=1S/C27H17ClFN3/c28-22-14-15-23(24(29)17-22)27-31-25(19-10-5-2-6-11-19)30-26(32-27)21-13-7-12-20(16-21)18-8-3-1-4-9-18/h1-17H. The molecule has 5 aromatic rings. The summed E-state index contributed by atoms with van der Waals surface area (Å²) < 4.78 is 14.7. The van der Waals surface area contributed by atoms with Crippen molar-refractivity contribution in [1.82, 2.24) is 15.0 Å². The van der Waals surface area contributed by atoms with Gasteiger partial charge in [-0.1, -0.05) is 90.5 Å². The minimum absolute atomic E-state index is 0.258. The Kier molecular flexibility index (Phi) is 5.44. The molecule has 0 saturated carbocycles. The molecule has 0 N–H and O–H groups in total. The van der Waals surface area contributed by atoms with Crippen molar-refractivity contribution in [3.8, 4) is 45.3 Å². The van der Waals surface area contributed by atoms with Crippen LogP contribution in [0, 0.1) is 5.82 Å². The summed E-state index contributed by atoms with van der Waals surface area (Å²) in [5.41, 5.74) is 4.06. The molecule has 0 atom stereocenters. The van der Waals surface area contributed by atoms with Gasteiger partial charge in [-0.05, 0) is 35.4 Å². The van der Waals surface area contributed by atoms with Gasteiger partial charge in [0.25, 0.3) is 0 Å². The Morgan fingerprint density at radius 3 is 1.75 bits per heavy atom. The van der Waals surface area contributed by atoms with E-state index in [4.69, 9.17) is 16.6 Å². The summed E-state index contributed by atoms with van der Waals surface area (Å²) in [6.07, 6.45) is 0. The largest absolute Gasteiger partial charge is 0.208 e. The van der Waals surface area contributed by atoms with E-state index in [-0.39, 0.29) is 11.4 Å². The van der Waals surface area contributed by atoms with E-state index in [1.165, 1.54) is 6.07 Å². The molecule has 1 aromatic heterocycles. The average molecular weight is 438 g/mol. The molecule has 5 heteroatoms. The summed E-state index contributed by atoms with van der Waals surface area (Å²) in [6, 6.07) is 32.1. The summed E-state index contributed by atoms with van der Waals surface area (Å²) in [5.74, 6) is 0.728. The molecule has 0 fully saturated rings. The van der Waals surface area contributed by atoms with E-state index < -0.39 is 5.82 Å². The van der Waals surface area contributed by atoms with Crippen LogP contribution in [-0.2, 0) is 0 Å². The first kappa shape index (κ1) is 20.0. The van der Waals surface area contributed by atoms with Gasteiger partial charge < -0.3 is 0 Å². The Bertz CT molecular complexity index is 1390. The molecule has 0 aliphatic heterocycles. The van der Waals surface area contributed by atoms with Crippen molar-refractivity contribution < 1.29 is 4.39 Å². The van der Waals surface area contributed by atoms with Gasteiger partial charge in [-0.2, -0.15) is 0 Å². The first-order valence-electron chi connectivity index (χ1n) is 10.1. The summed E-state index contributed by atoms with van der Waals surface area (Å²) in [6.45, 7) is 0.